The largest absolute Gasteiger partial charge is 0.462 e. The van der Waals surface area contributed by atoms with Crippen LogP contribution in [0.15, 0.2) is 152 Å². The number of ether oxygens (including phenoxy) is 1. The van der Waals surface area contributed by atoms with Crippen molar-refractivity contribution in [2.24, 2.45) is 0 Å². The van der Waals surface area contributed by atoms with Crippen molar-refractivity contribution in [3.8, 4) is 0 Å². The minimum Gasteiger partial charge on any atom is -0.462 e. The van der Waals surface area contributed by atoms with E-state index in [1.165, 1.54) is 0 Å². The smallest absolute Gasteiger partial charge is 0.331 e. The molecule has 0 bridgehead atoms. The van der Waals surface area contributed by atoms with Crippen LogP contribution in [0.4, 0.5) is 9.59 Å². The quantitative estimate of drug-likeness (QED) is 0.147. The highest BCUT2D eigenvalue weighted by Gasteiger charge is 2.54. The van der Waals surface area contributed by atoms with Gasteiger partial charge in [-0.2, -0.15) is 0 Å². The van der Waals surface area contributed by atoms with E-state index >= 15 is 0 Å². The van der Waals surface area contributed by atoms with Crippen LogP contribution < -0.4 is 5.32 Å². The van der Waals surface area contributed by atoms with Crippen LogP contribution in [-0.2, 0) is 40.5 Å². The number of amides is 5. The summed E-state index contributed by atoms with van der Waals surface area (Å²) in [7, 11) is 0. The van der Waals surface area contributed by atoms with E-state index < -0.39 is 18.1 Å². The maximum absolute atomic E-state index is 13.5. The molecule has 0 spiro atoms. The summed E-state index contributed by atoms with van der Waals surface area (Å²) in [5.41, 5.74) is 4.91. The van der Waals surface area contributed by atoms with Crippen molar-refractivity contribution in [2.75, 3.05) is 13.2 Å². The Balaban J connectivity index is 0.000000183. The van der Waals surface area contributed by atoms with Crippen molar-refractivity contribution in [1.29, 1.82) is 0 Å². The van der Waals surface area contributed by atoms with Gasteiger partial charge in [0.05, 0.1) is 24.7 Å². The van der Waals surface area contributed by atoms with Crippen LogP contribution in [0.5, 0.6) is 0 Å². The molecule has 11 nitrogen and oxygen atoms in total. The van der Waals surface area contributed by atoms with Gasteiger partial charge in [-0.15, -0.1) is 0 Å². The third-order valence-electron chi connectivity index (χ3n) is 10.7. The average Bonchev–Trinajstić information content (AvgIpc) is 3.84. The molecule has 5 amide bonds. The fourth-order valence-electron chi connectivity index (χ4n) is 7.79. The SMILES string of the molecule is C[C@@H](NC(=O)[C@@H]1C(CO)N(Cc2ccccc2)C(=O)N1Cc1ccccc1)c1ccccc1.O=C1OCC2[C@@H]1N(Cc1ccccc1)C(=O)N2Cc1ccccc1. The Morgan fingerprint density at radius 3 is 1.49 bits per heavy atom. The van der Waals surface area contributed by atoms with Gasteiger partial charge >= 0.3 is 18.0 Å². The lowest BCUT2D eigenvalue weighted by Crippen LogP contribution is -2.50. The molecule has 8 rings (SSSR count). The summed E-state index contributed by atoms with van der Waals surface area (Å²) in [6, 6.07) is 45.7. The Morgan fingerprint density at radius 1 is 0.614 bits per heavy atom. The lowest BCUT2D eigenvalue weighted by atomic mass is 10.0. The molecule has 3 aliphatic rings. The number of esters is 1. The first-order valence-corrected chi connectivity index (χ1v) is 19.3. The summed E-state index contributed by atoms with van der Waals surface area (Å²) in [5, 5.41) is 13.3. The Hall–Kier alpha value is -6.46. The number of urea groups is 2. The van der Waals surface area contributed by atoms with Crippen LogP contribution in [0.2, 0.25) is 0 Å². The van der Waals surface area contributed by atoms with Gasteiger partial charge in [0.25, 0.3) is 0 Å². The molecular formula is C46H47N5O6. The highest BCUT2D eigenvalue weighted by molar-refractivity contribution is 5.92. The van der Waals surface area contributed by atoms with Crippen molar-refractivity contribution < 1.29 is 29.0 Å². The topological polar surface area (TPSA) is 123 Å². The minimum absolute atomic E-state index is 0.102. The van der Waals surface area contributed by atoms with Gasteiger partial charge in [0.15, 0.2) is 6.04 Å². The van der Waals surface area contributed by atoms with Gasteiger partial charge in [0.2, 0.25) is 5.91 Å². The first-order chi connectivity index (χ1) is 27.8. The van der Waals surface area contributed by atoms with Crippen LogP contribution >= 0.6 is 0 Å². The zero-order valence-corrected chi connectivity index (χ0v) is 31.8. The molecule has 2 unspecified atom stereocenters. The van der Waals surface area contributed by atoms with Crippen LogP contribution in [0, 0.1) is 0 Å². The number of aliphatic hydroxyl groups excluding tert-OH is 1. The number of nitrogens with zero attached hydrogens (tertiary/aromatic N) is 4. The molecule has 5 atom stereocenters. The van der Waals surface area contributed by atoms with E-state index in [-0.39, 0.29) is 49.2 Å². The van der Waals surface area contributed by atoms with E-state index in [1.807, 2.05) is 159 Å². The number of carbonyl (C=O) groups is 4. The molecule has 57 heavy (non-hydrogen) atoms. The van der Waals surface area contributed by atoms with Crippen molar-refractivity contribution >= 4 is 23.9 Å². The first kappa shape index (κ1) is 38.8. The van der Waals surface area contributed by atoms with Crippen molar-refractivity contribution in [3.63, 3.8) is 0 Å². The number of fused-ring (bicyclic) bond motifs is 1. The van der Waals surface area contributed by atoms with Crippen LogP contribution in [0.1, 0.15) is 40.8 Å². The highest BCUT2D eigenvalue weighted by atomic mass is 16.5. The molecule has 3 heterocycles. The van der Waals surface area contributed by atoms with Crippen molar-refractivity contribution in [1.82, 2.24) is 24.9 Å². The van der Waals surface area contributed by atoms with E-state index in [9.17, 15) is 24.3 Å². The molecule has 5 aromatic rings. The average molecular weight is 766 g/mol. The maximum atomic E-state index is 13.5. The predicted molar refractivity (Wildman–Crippen MR) is 215 cm³/mol. The number of rotatable bonds is 12. The molecule has 11 heteroatoms. The molecule has 0 saturated carbocycles. The Bertz CT molecular complexity index is 2110. The summed E-state index contributed by atoms with van der Waals surface area (Å²) >= 11 is 0. The second-order valence-corrected chi connectivity index (χ2v) is 14.5. The molecule has 292 valence electrons. The van der Waals surface area contributed by atoms with E-state index in [0.29, 0.717) is 26.2 Å². The fourth-order valence-corrected chi connectivity index (χ4v) is 7.79. The number of aliphatic hydroxyl groups is 1. The monoisotopic (exact) mass is 765 g/mol. The number of hydrogen-bond donors (Lipinski definition) is 2. The fraction of sp³-hybridized carbons (Fsp3) is 0.261. The van der Waals surface area contributed by atoms with E-state index in [1.54, 1.807) is 19.6 Å². The van der Waals surface area contributed by atoms with Gasteiger partial charge in [0.1, 0.15) is 12.6 Å². The third kappa shape index (κ3) is 8.84. The summed E-state index contributed by atoms with van der Waals surface area (Å²) < 4.78 is 5.23. The molecule has 3 saturated heterocycles. The van der Waals surface area contributed by atoms with Gasteiger partial charge < -0.3 is 34.8 Å². The minimum atomic E-state index is -0.808. The summed E-state index contributed by atoms with van der Waals surface area (Å²) in [6.07, 6.45) is 0. The van der Waals surface area contributed by atoms with Gasteiger partial charge in [-0.1, -0.05) is 152 Å². The normalized spacial score (nSPS) is 20.5. The Kier molecular flexibility index (Phi) is 12.2. The summed E-state index contributed by atoms with van der Waals surface area (Å²) in [5.74, 6) is -0.579. The molecule has 3 aliphatic heterocycles. The number of hydrogen-bond acceptors (Lipinski definition) is 6. The van der Waals surface area contributed by atoms with Gasteiger partial charge in [-0.25, -0.2) is 14.4 Å². The maximum Gasteiger partial charge on any atom is 0.331 e. The van der Waals surface area contributed by atoms with Gasteiger partial charge in [0, 0.05) is 26.2 Å². The van der Waals surface area contributed by atoms with E-state index in [0.717, 1.165) is 27.8 Å². The van der Waals surface area contributed by atoms with E-state index in [4.69, 9.17) is 4.74 Å². The van der Waals surface area contributed by atoms with Gasteiger partial charge in [-0.3, -0.25) is 4.79 Å². The Morgan fingerprint density at radius 2 is 1.02 bits per heavy atom. The lowest BCUT2D eigenvalue weighted by molar-refractivity contribution is -0.141. The summed E-state index contributed by atoms with van der Waals surface area (Å²) in [6.45, 7) is 3.41. The van der Waals surface area contributed by atoms with Crippen LogP contribution in [-0.4, -0.2) is 86.0 Å². The highest BCUT2D eigenvalue weighted by Crippen LogP contribution is 2.32. The van der Waals surface area contributed by atoms with Crippen molar-refractivity contribution in [3.05, 3.63) is 179 Å². The van der Waals surface area contributed by atoms with Crippen molar-refractivity contribution in [2.45, 2.75) is 63.3 Å². The lowest BCUT2D eigenvalue weighted by Gasteiger charge is -2.27. The van der Waals surface area contributed by atoms with Gasteiger partial charge in [-0.05, 0) is 34.7 Å². The van der Waals surface area contributed by atoms with Crippen LogP contribution in [0.25, 0.3) is 0 Å². The van der Waals surface area contributed by atoms with E-state index in [2.05, 4.69) is 5.32 Å². The molecule has 0 aromatic heterocycles. The number of benzene rings is 5. The zero-order chi connectivity index (χ0) is 39.7. The molecule has 2 N–H and O–H groups in total. The second-order valence-electron chi connectivity index (χ2n) is 14.5. The molecule has 0 aliphatic carbocycles. The second kappa shape index (κ2) is 18.0. The standard InChI is InChI=1S/C27H29N3O3.C19H18N2O3/c1-20(23-15-9-4-10-16-23)28-26(32)25-24(19-31)29(17-21-11-5-2-6-12-21)27(33)30(25)18-22-13-7-3-8-14-22;22-18-17-16(13-24-18)20(11-14-7-3-1-4-8-14)19(23)21(17)12-15-9-5-2-6-10-15/h2-16,20,24-25,31H,17-19H2,1H3,(H,28,32);1-10,16-17H,11-13H2/t20-,24?,25+;16?,17-/m10/s1. The number of nitrogens with one attached hydrogen (secondary N) is 1. The number of carbonyl (C=O) groups excluding carboxylic acids is 4. The van der Waals surface area contributed by atoms with Crippen LogP contribution in [0.3, 0.4) is 0 Å². The number of cyclic esters (lactones) is 1. The molecular weight excluding hydrogens is 719 g/mol. The molecule has 3 fully saturated rings. The Labute approximate surface area is 333 Å². The predicted octanol–water partition coefficient (Wildman–Crippen LogP) is 6.15. The molecule has 0 radical (unpaired) electrons. The molecule has 5 aromatic carbocycles. The first-order valence-electron chi connectivity index (χ1n) is 19.3. The third-order valence-corrected chi connectivity index (χ3v) is 10.7. The summed E-state index contributed by atoms with van der Waals surface area (Å²) in [4.78, 5) is 58.7. The zero-order valence-electron chi connectivity index (χ0n) is 31.8.